The highest BCUT2D eigenvalue weighted by atomic mass is 32.2. The predicted octanol–water partition coefficient (Wildman–Crippen LogP) is 4.34. The van der Waals surface area contributed by atoms with Crippen molar-refractivity contribution in [3.8, 4) is 28.6 Å². The maximum atomic E-state index is 12.6. The number of carbonyl (C=O) groups is 1. The van der Waals surface area contributed by atoms with Crippen molar-refractivity contribution < 1.29 is 23.4 Å². The van der Waals surface area contributed by atoms with Gasteiger partial charge in [0, 0.05) is 17.3 Å². The number of methoxy groups -OCH3 is 3. The van der Waals surface area contributed by atoms with Crippen LogP contribution < -0.4 is 19.5 Å². The third-order valence-corrected chi connectivity index (χ3v) is 5.93. The zero-order valence-electron chi connectivity index (χ0n) is 19.0. The molecule has 10 heteroatoms. The van der Waals surface area contributed by atoms with E-state index in [1.165, 1.54) is 11.8 Å². The number of aromatic nitrogens is 3. The number of nitrogens with zero attached hydrogens (tertiary/aromatic N) is 3. The molecule has 0 aliphatic rings. The van der Waals surface area contributed by atoms with Crippen molar-refractivity contribution in [3.05, 3.63) is 66.6 Å². The van der Waals surface area contributed by atoms with E-state index in [0.717, 1.165) is 17.1 Å². The van der Waals surface area contributed by atoms with E-state index in [0.29, 0.717) is 34.7 Å². The highest BCUT2D eigenvalue weighted by Gasteiger charge is 2.17. The van der Waals surface area contributed by atoms with Crippen molar-refractivity contribution in [1.82, 2.24) is 14.8 Å². The number of rotatable bonds is 10. The fourth-order valence-corrected chi connectivity index (χ4v) is 4.03. The standard InChI is InChI=1S/C24H24N4O5S/c1-30-18-9-6-16(7-10-18)23-26-27-24(28(23)14-19-5-4-12-33-19)34-15-22(29)25-17-8-11-20(31-2)21(13-17)32-3/h4-13H,14-15H2,1-3H3,(H,25,29). The van der Waals surface area contributed by atoms with Gasteiger partial charge in [0.2, 0.25) is 5.91 Å². The van der Waals surface area contributed by atoms with Crippen molar-refractivity contribution >= 4 is 23.4 Å². The maximum Gasteiger partial charge on any atom is 0.234 e. The molecule has 0 unspecified atom stereocenters. The van der Waals surface area contributed by atoms with Crippen LogP contribution in [0.5, 0.6) is 17.2 Å². The van der Waals surface area contributed by atoms with Crippen LogP contribution in [0.1, 0.15) is 5.76 Å². The molecule has 2 aromatic heterocycles. The Balaban J connectivity index is 1.50. The lowest BCUT2D eigenvalue weighted by molar-refractivity contribution is -0.113. The number of anilines is 1. The van der Waals surface area contributed by atoms with Gasteiger partial charge in [-0.05, 0) is 48.5 Å². The molecule has 176 valence electrons. The molecule has 0 saturated carbocycles. The first kappa shape index (κ1) is 23.2. The number of carbonyl (C=O) groups excluding carboxylic acids is 1. The van der Waals surface area contributed by atoms with Crippen LogP contribution in [0.2, 0.25) is 0 Å². The van der Waals surface area contributed by atoms with E-state index < -0.39 is 0 Å². The van der Waals surface area contributed by atoms with Crippen LogP contribution in [0.4, 0.5) is 5.69 Å². The number of benzene rings is 2. The van der Waals surface area contributed by atoms with Gasteiger partial charge in [-0.1, -0.05) is 11.8 Å². The number of thioether (sulfide) groups is 1. The van der Waals surface area contributed by atoms with Crippen molar-refractivity contribution in [2.75, 3.05) is 32.4 Å². The summed E-state index contributed by atoms with van der Waals surface area (Å²) in [6, 6.07) is 16.5. The van der Waals surface area contributed by atoms with E-state index >= 15 is 0 Å². The van der Waals surface area contributed by atoms with Gasteiger partial charge in [0.1, 0.15) is 11.5 Å². The number of furan rings is 1. The minimum atomic E-state index is -0.184. The molecule has 0 saturated heterocycles. The third kappa shape index (κ3) is 5.34. The summed E-state index contributed by atoms with van der Waals surface area (Å²) in [4.78, 5) is 12.6. The van der Waals surface area contributed by atoms with Crippen molar-refractivity contribution in [1.29, 1.82) is 0 Å². The molecule has 0 aliphatic heterocycles. The summed E-state index contributed by atoms with van der Waals surface area (Å²) < 4.78 is 23.2. The summed E-state index contributed by atoms with van der Waals surface area (Å²) in [7, 11) is 4.73. The van der Waals surface area contributed by atoms with Crippen LogP contribution >= 0.6 is 11.8 Å². The lowest BCUT2D eigenvalue weighted by Gasteiger charge is -2.11. The number of nitrogens with one attached hydrogen (secondary N) is 1. The van der Waals surface area contributed by atoms with Crippen LogP contribution in [0.15, 0.2) is 70.4 Å². The van der Waals surface area contributed by atoms with Gasteiger partial charge in [0.15, 0.2) is 22.5 Å². The van der Waals surface area contributed by atoms with Crippen LogP contribution in [0.3, 0.4) is 0 Å². The van der Waals surface area contributed by atoms with Crippen molar-refractivity contribution in [2.45, 2.75) is 11.7 Å². The van der Waals surface area contributed by atoms with E-state index in [4.69, 9.17) is 18.6 Å². The minimum Gasteiger partial charge on any atom is -0.497 e. The summed E-state index contributed by atoms with van der Waals surface area (Å²) in [5.74, 6) is 3.26. The Morgan fingerprint density at radius 3 is 2.47 bits per heavy atom. The Morgan fingerprint density at radius 1 is 1.00 bits per heavy atom. The zero-order valence-corrected chi connectivity index (χ0v) is 19.8. The topological polar surface area (TPSA) is 101 Å². The fraction of sp³-hybridized carbons (Fsp3) is 0.208. The summed E-state index contributed by atoms with van der Waals surface area (Å²) >= 11 is 1.29. The van der Waals surface area contributed by atoms with E-state index in [1.807, 2.05) is 41.0 Å². The van der Waals surface area contributed by atoms with Crippen molar-refractivity contribution in [2.24, 2.45) is 0 Å². The molecule has 34 heavy (non-hydrogen) atoms. The highest BCUT2D eigenvalue weighted by molar-refractivity contribution is 7.99. The minimum absolute atomic E-state index is 0.146. The Bertz CT molecular complexity index is 1240. The molecule has 0 radical (unpaired) electrons. The van der Waals surface area contributed by atoms with Gasteiger partial charge in [-0.25, -0.2) is 0 Å². The maximum absolute atomic E-state index is 12.6. The Hall–Kier alpha value is -3.92. The molecule has 0 atom stereocenters. The van der Waals surface area contributed by atoms with Gasteiger partial charge in [-0.3, -0.25) is 9.36 Å². The van der Waals surface area contributed by atoms with Gasteiger partial charge in [0.25, 0.3) is 0 Å². The van der Waals surface area contributed by atoms with Gasteiger partial charge < -0.3 is 23.9 Å². The van der Waals surface area contributed by atoms with Crippen LogP contribution in [-0.2, 0) is 11.3 Å². The number of hydrogen-bond donors (Lipinski definition) is 1. The van der Waals surface area contributed by atoms with Gasteiger partial charge in [-0.2, -0.15) is 0 Å². The number of ether oxygens (including phenoxy) is 3. The summed E-state index contributed by atoms with van der Waals surface area (Å²) in [5, 5.41) is 12.2. The molecule has 0 spiro atoms. The summed E-state index contributed by atoms with van der Waals surface area (Å²) in [6.45, 7) is 0.432. The average Bonchev–Trinajstić information content (AvgIpc) is 3.53. The van der Waals surface area contributed by atoms with Crippen LogP contribution in [0.25, 0.3) is 11.4 Å². The second kappa shape index (κ2) is 10.8. The Kier molecular flexibility index (Phi) is 7.38. The molecule has 9 nitrogen and oxygen atoms in total. The molecular formula is C24H24N4O5S. The average molecular weight is 481 g/mol. The molecule has 2 heterocycles. The molecule has 1 N–H and O–H groups in total. The predicted molar refractivity (Wildman–Crippen MR) is 129 cm³/mol. The molecule has 4 aromatic rings. The molecule has 0 aliphatic carbocycles. The SMILES string of the molecule is COc1ccc(-c2nnc(SCC(=O)Nc3ccc(OC)c(OC)c3)n2Cc2ccco2)cc1. The lowest BCUT2D eigenvalue weighted by Crippen LogP contribution is -2.15. The first-order chi connectivity index (χ1) is 16.6. The second-order valence-electron chi connectivity index (χ2n) is 7.11. The van der Waals surface area contributed by atoms with Gasteiger partial charge in [-0.15, -0.1) is 10.2 Å². The second-order valence-corrected chi connectivity index (χ2v) is 8.05. The Labute approximate surface area is 201 Å². The largest absolute Gasteiger partial charge is 0.497 e. The van der Waals surface area contributed by atoms with Gasteiger partial charge >= 0.3 is 0 Å². The normalized spacial score (nSPS) is 10.7. The van der Waals surface area contributed by atoms with Crippen molar-refractivity contribution in [3.63, 3.8) is 0 Å². The van der Waals surface area contributed by atoms with Gasteiger partial charge in [0.05, 0.1) is 39.9 Å². The van der Waals surface area contributed by atoms with E-state index in [9.17, 15) is 4.79 Å². The summed E-state index contributed by atoms with van der Waals surface area (Å²) in [6.07, 6.45) is 1.62. The molecule has 0 fully saturated rings. The van der Waals surface area contributed by atoms with Crippen LogP contribution in [-0.4, -0.2) is 47.8 Å². The monoisotopic (exact) mass is 480 g/mol. The quantitative estimate of drug-likeness (QED) is 0.335. The lowest BCUT2D eigenvalue weighted by atomic mass is 10.2. The first-order valence-electron chi connectivity index (χ1n) is 10.4. The molecule has 0 bridgehead atoms. The summed E-state index contributed by atoms with van der Waals surface area (Å²) in [5.41, 5.74) is 1.49. The Morgan fingerprint density at radius 2 is 1.79 bits per heavy atom. The van der Waals surface area contributed by atoms with E-state index in [1.54, 1.807) is 45.8 Å². The first-order valence-corrected chi connectivity index (χ1v) is 11.3. The molecule has 4 rings (SSSR count). The fourth-order valence-electron chi connectivity index (χ4n) is 3.29. The van der Waals surface area contributed by atoms with E-state index in [-0.39, 0.29) is 11.7 Å². The van der Waals surface area contributed by atoms with Crippen LogP contribution in [0, 0.1) is 0 Å². The molecule has 1 amide bonds. The highest BCUT2D eigenvalue weighted by Crippen LogP contribution is 2.30. The van der Waals surface area contributed by atoms with E-state index in [2.05, 4.69) is 15.5 Å². The number of amides is 1. The molecular weight excluding hydrogens is 456 g/mol. The third-order valence-electron chi connectivity index (χ3n) is 4.96. The smallest absolute Gasteiger partial charge is 0.234 e. The molecule has 2 aromatic carbocycles. The zero-order chi connectivity index (χ0) is 23.9. The number of hydrogen-bond acceptors (Lipinski definition) is 8.